The smallest absolute Gasteiger partial charge is 0.278 e. The van der Waals surface area contributed by atoms with E-state index in [9.17, 15) is 14.0 Å². The van der Waals surface area contributed by atoms with Gasteiger partial charge in [-0.05, 0) is 41.7 Å². The largest absolute Gasteiger partial charge is 0.482 e. The Balaban J connectivity index is 1.55. The number of aryl methyl sites for hydroxylation is 1. The molecule has 0 saturated carbocycles. The van der Waals surface area contributed by atoms with Gasteiger partial charge in [0.2, 0.25) is 11.4 Å². The molecule has 7 nitrogen and oxygen atoms in total. The second-order valence-corrected chi connectivity index (χ2v) is 9.58. The van der Waals surface area contributed by atoms with Crippen molar-refractivity contribution in [2.45, 2.75) is 25.5 Å². The number of nitrogens with zero attached hydrogens (tertiary/aromatic N) is 4. The maximum Gasteiger partial charge on any atom is 0.278 e. The molecule has 0 unspecified atom stereocenters. The second kappa shape index (κ2) is 10.6. The number of hydrogen-bond donors (Lipinski definition) is 0. The quantitative estimate of drug-likeness (QED) is 0.289. The highest BCUT2D eigenvalue weighted by Gasteiger charge is 2.38. The van der Waals surface area contributed by atoms with Gasteiger partial charge in [0.05, 0.1) is 5.69 Å². The van der Waals surface area contributed by atoms with E-state index in [1.165, 1.54) is 12.1 Å². The van der Waals surface area contributed by atoms with Crippen molar-refractivity contribution in [3.63, 3.8) is 0 Å². The predicted octanol–water partition coefficient (Wildman–Crippen LogP) is 4.60. The average Bonchev–Trinajstić information content (AvgIpc) is 2.98. The van der Waals surface area contributed by atoms with Crippen LogP contribution in [-0.2, 0) is 13.0 Å². The molecule has 0 N–H and O–H groups in total. The Labute approximate surface area is 225 Å². The number of carbonyl (C=O) groups excluding carboxylic acids is 1. The van der Waals surface area contributed by atoms with Crippen LogP contribution in [0.15, 0.2) is 102 Å². The minimum Gasteiger partial charge on any atom is -0.482 e. The molecule has 8 heteroatoms. The average molecular weight is 523 g/mol. The van der Waals surface area contributed by atoms with Crippen LogP contribution in [0.2, 0.25) is 0 Å². The van der Waals surface area contributed by atoms with Gasteiger partial charge in [-0.1, -0.05) is 72.8 Å². The maximum absolute atomic E-state index is 14.5. The Morgan fingerprint density at radius 1 is 0.923 bits per heavy atom. The number of aromatic nitrogens is 2. The molecule has 1 amide bonds. The molecule has 2 aliphatic heterocycles. The van der Waals surface area contributed by atoms with E-state index < -0.39 is 12.0 Å². The van der Waals surface area contributed by atoms with Gasteiger partial charge in [-0.25, -0.2) is 4.98 Å². The molecule has 2 aliphatic rings. The molecule has 196 valence electrons. The third-order valence-electron chi connectivity index (χ3n) is 7.08. The number of fused-ring (bicyclic) bond motifs is 5. The predicted molar refractivity (Wildman–Crippen MR) is 146 cm³/mol. The molecule has 39 heavy (non-hydrogen) atoms. The molecule has 1 atom stereocenters. The molecule has 2 aromatic carbocycles. The van der Waals surface area contributed by atoms with Gasteiger partial charge in [0.25, 0.3) is 5.91 Å². The van der Waals surface area contributed by atoms with Crippen molar-refractivity contribution >= 4 is 5.91 Å². The first-order chi connectivity index (χ1) is 19.1. The Morgan fingerprint density at radius 3 is 2.59 bits per heavy atom. The lowest BCUT2D eigenvalue weighted by molar-refractivity contribution is 0.0697. The summed E-state index contributed by atoms with van der Waals surface area (Å²) in [6, 6.07) is 23.1. The van der Waals surface area contributed by atoms with Crippen LogP contribution in [0.1, 0.15) is 45.3 Å². The molecular weight excluding hydrogens is 495 g/mol. The molecule has 0 radical (unpaired) electrons. The summed E-state index contributed by atoms with van der Waals surface area (Å²) >= 11 is 0. The van der Waals surface area contributed by atoms with Crippen molar-refractivity contribution in [1.29, 1.82) is 0 Å². The standard InChI is InChI=1S/C31H27FN4O3/c32-27-16-9-15-25(33-27)28-24-14-7-6-13-23(24)12-5-2-8-18-34-21-36(28)35-19-17-26(37)30(29(35)31(34)38)39-20-22-10-3-1-4-11-22/h1-4,6-11,13-17,19,28H,5,12,18,20-21H2/b8-2+/t28-/m1/s1. The number of ether oxygens (including phenoxy) is 1. The number of amides is 1. The van der Waals surface area contributed by atoms with Crippen molar-refractivity contribution in [2.75, 3.05) is 18.2 Å². The molecule has 2 aromatic heterocycles. The van der Waals surface area contributed by atoms with Crippen LogP contribution in [0, 0.1) is 5.95 Å². The summed E-state index contributed by atoms with van der Waals surface area (Å²) in [5.74, 6) is -0.910. The van der Waals surface area contributed by atoms with Crippen molar-refractivity contribution in [3.8, 4) is 5.75 Å². The summed E-state index contributed by atoms with van der Waals surface area (Å²) in [7, 11) is 0. The van der Waals surface area contributed by atoms with E-state index >= 15 is 0 Å². The van der Waals surface area contributed by atoms with Crippen molar-refractivity contribution < 1.29 is 13.9 Å². The molecule has 4 aromatic rings. The second-order valence-electron chi connectivity index (χ2n) is 9.58. The van der Waals surface area contributed by atoms with E-state index in [4.69, 9.17) is 4.74 Å². The van der Waals surface area contributed by atoms with Gasteiger partial charge in [0.1, 0.15) is 19.3 Å². The van der Waals surface area contributed by atoms with E-state index in [0.717, 1.165) is 29.5 Å². The number of rotatable bonds is 4. The first kappa shape index (κ1) is 24.6. The molecule has 0 fully saturated rings. The molecule has 0 aliphatic carbocycles. The summed E-state index contributed by atoms with van der Waals surface area (Å²) in [6.07, 6.45) is 7.20. The number of pyridine rings is 2. The van der Waals surface area contributed by atoms with Crippen molar-refractivity contribution in [1.82, 2.24) is 14.6 Å². The Kier molecular flexibility index (Phi) is 6.67. The number of allylic oxidation sites excluding steroid dienone is 1. The highest BCUT2D eigenvalue weighted by molar-refractivity contribution is 5.96. The summed E-state index contributed by atoms with van der Waals surface area (Å²) < 4.78 is 22.2. The summed E-state index contributed by atoms with van der Waals surface area (Å²) in [5, 5.41) is 1.95. The van der Waals surface area contributed by atoms with Crippen molar-refractivity contribution in [2.24, 2.45) is 0 Å². The van der Waals surface area contributed by atoms with Gasteiger partial charge in [-0.2, -0.15) is 4.39 Å². The van der Waals surface area contributed by atoms with E-state index in [1.54, 1.807) is 27.9 Å². The van der Waals surface area contributed by atoms with Gasteiger partial charge < -0.3 is 9.64 Å². The molecule has 2 bridgehead atoms. The van der Waals surface area contributed by atoms with Crippen molar-refractivity contribution in [3.05, 3.63) is 141 Å². The number of hydrogen-bond acceptors (Lipinski definition) is 5. The zero-order chi connectivity index (χ0) is 26.8. The van der Waals surface area contributed by atoms with E-state index in [2.05, 4.69) is 17.1 Å². The first-order valence-electron chi connectivity index (χ1n) is 12.9. The topological polar surface area (TPSA) is 67.7 Å². The minimum absolute atomic E-state index is 0.0147. The fourth-order valence-electron chi connectivity index (χ4n) is 5.23. The minimum atomic E-state index is -0.585. The highest BCUT2D eigenvalue weighted by atomic mass is 19.1. The number of halogens is 1. The zero-order valence-electron chi connectivity index (χ0n) is 21.2. The van der Waals surface area contributed by atoms with Gasteiger partial charge in [0, 0.05) is 18.8 Å². The highest BCUT2D eigenvalue weighted by Crippen LogP contribution is 2.34. The number of benzene rings is 2. The third-order valence-corrected chi connectivity index (χ3v) is 7.08. The van der Waals surface area contributed by atoms with Crippen LogP contribution in [-0.4, -0.2) is 33.7 Å². The van der Waals surface area contributed by atoms with Crippen LogP contribution >= 0.6 is 0 Å². The lowest BCUT2D eigenvalue weighted by Gasteiger charge is -2.43. The lowest BCUT2D eigenvalue weighted by Crippen LogP contribution is -2.55. The molecule has 4 heterocycles. The molecular formula is C31H27FN4O3. The van der Waals surface area contributed by atoms with E-state index in [0.29, 0.717) is 12.2 Å². The van der Waals surface area contributed by atoms with Crippen LogP contribution in [0.25, 0.3) is 0 Å². The monoisotopic (exact) mass is 522 g/mol. The van der Waals surface area contributed by atoms with Gasteiger partial charge in [0.15, 0.2) is 11.4 Å². The Hall–Kier alpha value is -4.72. The normalized spacial score (nSPS) is 17.6. The first-order valence-corrected chi connectivity index (χ1v) is 12.9. The fourth-order valence-corrected chi connectivity index (χ4v) is 5.23. The fraction of sp³-hybridized carbons (Fsp3) is 0.194. The molecule has 0 spiro atoms. The lowest BCUT2D eigenvalue weighted by atomic mass is 9.94. The Bertz CT molecular complexity index is 1600. The van der Waals surface area contributed by atoms with Crippen LogP contribution in [0.5, 0.6) is 5.75 Å². The summed E-state index contributed by atoms with van der Waals surface area (Å²) in [6.45, 7) is 0.697. The van der Waals surface area contributed by atoms with Crippen LogP contribution in [0.3, 0.4) is 0 Å². The van der Waals surface area contributed by atoms with Crippen LogP contribution in [0.4, 0.5) is 4.39 Å². The summed E-state index contributed by atoms with van der Waals surface area (Å²) in [5.41, 5.74) is 3.19. The zero-order valence-corrected chi connectivity index (χ0v) is 21.2. The molecule has 6 rings (SSSR count). The Morgan fingerprint density at radius 2 is 1.74 bits per heavy atom. The van der Waals surface area contributed by atoms with Gasteiger partial charge >= 0.3 is 0 Å². The van der Waals surface area contributed by atoms with Crippen LogP contribution < -0.4 is 15.2 Å². The summed E-state index contributed by atoms with van der Waals surface area (Å²) in [4.78, 5) is 32.9. The number of carbonyl (C=O) groups is 1. The van der Waals surface area contributed by atoms with E-state index in [1.807, 2.05) is 59.6 Å². The maximum atomic E-state index is 14.5. The van der Waals surface area contributed by atoms with Gasteiger partial charge in [-0.15, -0.1) is 0 Å². The molecule has 0 saturated heterocycles. The van der Waals surface area contributed by atoms with E-state index in [-0.39, 0.29) is 36.1 Å². The third kappa shape index (κ3) is 4.81. The van der Waals surface area contributed by atoms with Gasteiger partial charge in [-0.3, -0.25) is 19.3 Å². The SMILES string of the molecule is O=C1c2c(OCc3ccccc3)c(=O)ccn2N2CN1C/C=C/CCc1ccccc1[C@@H]2c1cccc(F)n1.